The molecule has 72 valence electrons. The van der Waals surface area contributed by atoms with E-state index in [0.29, 0.717) is 13.0 Å². The van der Waals surface area contributed by atoms with Crippen molar-refractivity contribution in [3.63, 3.8) is 0 Å². The standard InChI is InChI=1S/C7H15NO3S/c1-3-12(9,10)6-4-7(6,8)5-11-2/h6H,3-5,8H2,1-2H3. The Labute approximate surface area is 73.0 Å². The molecule has 1 aliphatic carbocycles. The van der Waals surface area contributed by atoms with Crippen molar-refractivity contribution >= 4 is 9.84 Å². The van der Waals surface area contributed by atoms with Gasteiger partial charge in [-0.15, -0.1) is 0 Å². The molecule has 12 heavy (non-hydrogen) atoms. The number of methoxy groups -OCH3 is 1. The monoisotopic (exact) mass is 193 g/mol. The number of hydrogen-bond donors (Lipinski definition) is 1. The van der Waals surface area contributed by atoms with Gasteiger partial charge in [-0.1, -0.05) is 6.92 Å². The van der Waals surface area contributed by atoms with Crippen LogP contribution in [-0.2, 0) is 14.6 Å². The normalized spacial score (nSPS) is 35.1. The fourth-order valence-corrected chi connectivity index (χ4v) is 3.14. The van der Waals surface area contributed by atoms with Crippen LogP contribution in [0.2, 0.25) is 0 Å². The predicted octanol–water partition coefficient (Wildman–Crippen LogP) is -0.463. The summed E-state index contributed by atoms with van der Waals surface area (Å²) in [4.78, 5) is 0. The maximum Gasteiger partial charge on any atom is 0.154 e. The molecule has 1 rings (SSSR count). The zero-order valence-corrected chi connectivity index (χ0v) is 8.23. The molecule has 0 bridgehead atoms. The lowest BCUT2D eigenvalue weighted by atomic mass is 10.3. The van der Waals surface area contributed by atoms with Crippen molar-refractivity contribution in [2.45, 2.75) is 24.1 Å². The number of rotatable bonds is 4. The van der Waals surface area contributed by atoms with E-state index in [1.54, 1.807) is 6.92 Å². The van der Waals surface area contributed by atoms with Crippen LogP contribution in [0.15, 0.2) is 0 Å². The lowest BCUT2D eigenvalue weighted by Crippen LogP contribution is -2.35. The SMILES string of the molecule is CCS(=O)(=O)C1CC1(N)COC. The summed E-state index contributed by atoms with van der Waals surface area (Å²) >= 11 is 0. The molecule has 5 heteroatoms. The maximum atomic E-state index is 11.3. The van der Waals surface area contributed by atoms with Gasteiger partial charge in [0.05, 0.1) is 17.4 Å². The van der Waals surface area contributed by atoms with Crippen LogP contribution < -0.4 is 5.73 Å². The Balaban J connectivity index is 2.63. The lowest BCUT2D eigenvalue weighted by molar-refractivity contribution is 0.173. The minimum atomic E-state index is -2.96. The van der Waals surface area contributed by atoms with E-state index in [9.17, 15) is 8.42 Å². The van der Waals surface area contributed by atoms with Gasteiger partial charge < -0.3 is 10.5 Å². The highest BCUT2D eigenvalue weighted by Gasteiger charge is 2.57. The van der Waals surface area contributed by atoms with Crippen LogP contribution in [0.1, 0.15) is 13.3 Å². The average molecular weight is 193 g/mol. The molecule has 0 heterocycles. The molecule has 0 aliphatic heterocycles. The van der Waals surface area contributed by atoms with Gasteiger partial charge in [0.2, 0.25) is 0 Å². The van der Waals surface area contributed by atoms with Crippen LogP contribution in [0.25, 0.3) is 0 Å². The molecule has 2 atom stereocenters. The van der Waals surface area contributed by atoms with E-state index in [4.69, 9.17) is 10.5 Å². The Morgan fingerprint density at radius 2 is 2.25 bits per heavy atom. The zero-order chi connectivity index (χ0) is 9.41. The van der Waals surface area contributed by atoms with Gasteiger partial charge in [0, 0.05) is 12.9 Å². The van der Waals surface area contributed by atoms with Crippen LogP contribution in [0.3, 0.4) is 0 Å². The molecule has 0 spiro atoms. The highest BCUT2D eigenvalue weighted by atomic mass is 32.2. The van der Waals surface area contributed by atoms with E-state index in [1.807, 2.05) is 0 Å². The molecule has 0 saturated heterocycles. The molecule has 0 aromatic carbocycles. The predicted molar refractivity (Wildman–Crippen MR) is 46.7 cm³/mol. The van der Waals surface area contributed by atoms with Gasteiger partial charge in [-0.25, -0.2) is 8.42 Å². The second kappa shape index (κ2) is 2.97. The summed E-state index contributed by atoms with van der Waals surface area (Å²) in [5.74, 6) is 0.167. The summed E-state index contributed by atoms with van der Waals surface area (Å²) in [6.07, 6.45) is 0.539. The van der Waals surface area contributed by atoms with Crippen LogP contribution in [0, 0.1) is 0 Å². The maximum absolute atomic E-state index is 11.3. The Hall–Kier alpha value is -0.130. The zero-order valence-electron chi connectivity index (χ0n) is 7.41. The van der Waals surface area contributed by atoms with E-state index < -0.39 is 15.4 Å². The Bertz CT molecular complexity index is 262. The Morgan fingerprint density at radius 1 is 1.67 bits per heavy atom. The van der Waals surface area contributed by atoms with Gasteiger partial charge in [0.25, 0.3) is 0 Å². The van der Waals surface area contributed by atoms with Gasteiger partial charge >= 0.3 is 0 Å². The molecular formula is C7H15NO3S. The second-order valence-electron chi connectivity index (χ2n) is 3.31. The third-order valence-corrected chi connectivity index (χ3v) is 4.60. The van der Waals surface area contributed by atoms with Crippen molar-refractivity contribution < 1.29 is 13.2 Å². The molecule has 0 amide bonds. The average Bonchev–Trinajstić information content (AvgIpc) is 2.64. The van der Waals surface area contributed by atoms with Gasteiger partial charge in [-0.3, -0.25) is 0 Å². The van der Waals surface area contributed by atoms with Crippen LogP contribution in [0.4, 0.5) is 0 Å². The van der Waals surface area contributed by atoms with Crippen LogP contribution >= 0.6 is 0 Å². The first-order valence-corrected chi connectivity index (χ1v) is 5.67. The molecule has 0 aromatic rings. The molecule has 1 fully saturated rings. The van der Waals surface area contributed by atoms with Gasteiger partial charge in [-0.2, -0.15) is 0 Å². The van der Waals surface area contributed by atoms with E-state index in [-0.39, 0.29) is 11.0 Å². The summed E-state index contributed by atoms with van der Waals surface area (Å²) in [7, 11) is -1.43. The largest absolute Gasteiger partial charge is 0.383 e. The lowest BCUT2D eigenvalue weighted by Gasteiger charge is -2.08. The number of hydrogen-bond acceptors (Lipinski definition) is 4. The van der Waals surface area contributed by atoms with E-state index in [2.05, 4.69) is 0 Å². The van der Waals surface area contributed by atoms with Gasteiger partial charge in [0.1, 0.15) is 0 Å². The topological polar surface area (TPSA) is 69.4 Å². The Morgan fingerprint density at radius 3 is 2.67 bits per heavy atom. The smallest absolute Gasteiger partial charge is 0.154 e. The van der Waals surface area contributed by atoms with Gasteiger partial charge in [0.15, 0.2) is 9.84 Å². The summed E-state index contributed by atoms with van der Waals surface area (Å²) in [5.41, 5.74) is 5.15. The molecule has 1 saturated carbocycles. The molecule has 2 N–H and O–H groups in total. The summed E-state index contributed by atoms with van der Waals surface area (Å²) < 4.78 is 27.5. The second-order valence-corrected chi connectivity index (χ2v) is 5.78. The molecule has 0 radical (unpaired) electrons. The highest BCUT2D eigenvalue weighted by Crippen LogP contribution is 2.39. The fourth-order valence-electron chi connectivity index (χ4n) is 1.39. The Kier molecular flexibility index (Phi) is 2.47. The van der Waals surface area contributed by atoms with Crippen molar-refractivity contribution in [1.29, 1.82) is 0 Å². The van der Waals surface area contributed by atoms with E-state index in [1.165, 1.54) is 7.11 Å². The van der Waals surface area contributed by atoms with Gasteiger partial charge in [-0.05, 0) is 6.42 Å². The first kappa shape index (κ1) is 9.95. The highest BCUT2D eigenvalue weighted by molar-refractivity contribution is 7.92. The quantitative estimate of drug-likeness (QED) is 0.656. The van der Waals surface area contributed by atoms with Crippen molar-refractivity contribution in [2.75, 3.05) is 19.5 Å². The molecule has 4 nitrogen and oxygen atoms in total. The molecular weight excluding hydrogens is 178 g/mol. The molecule has 2 unspecified atom stereocenters. The van der Waals surface area contributed by atoms with Crippen LogP contribution in [0.5, 0.6) is 0 Å². The molecule has 1 aliphatic rings. The number of sulfone groups is 1. The van der Waals surface area contributed by atoms with Crippen molar-refractivity contribution in [1.82, 2.24) is 0 Å². The first-order chi connectivity index (χ1) is 5.46. The summed E-state index contributed by atoms with van der Waals surface area (Å²) in [6, 6.07) is 0. The van der Waals surface area contributed by atoms with Crippen molar-refractivity contribution in [3.05, 3.63) is 0 Å². The number of nitrogens with two attached hydrogens (primary N) is 1. The third kappa shape index (κ3) is 1.62. The third-order valence-electron chi connectivity index (χ3n) is 2.30. The minimum Gasteiger partial charge on any atom is -0.383 e. The molecule has 0 aromatic heterocycles. The van der Waals surface area contributed by atoms with Crippen molar-refractivity contribution in [2.24, 2.45) is 5.73 Å². The summed E-state index contributed by atoms with van der Waals surface area (Å²) in [6.45, 7) is 1.97. The first-order valence-electron chi connectivity index (χ1n) is 3.95. The van der Waals surface area contributed by atoms with Crippen molar-refractivity contribution in [3.8, 4) is 0 Å². The minimum absolute atomic E-state index is 0.167. The number of ether oxygens (including phenoxy) is 1. The van der Waals surface area contributed by atoms with E-state index in [0.717, 1.165) is 0 Å². The van der Waals surface area contributed by atoms with E-state index >= 15 is 0 Å². The summed E-state index contributed by atoms with van der Waals surface area (Å²) in [5, 5.41) is -0.380. The fraction of sp³-hybridized carbons (Fsp3) is 1.00. The van der Waals surface area contributed by atoms with Crippen LogP contribution in [-0.4, -0.2) is 38.7 Å².